The zero-order valence-corrected chi connectivity index (χ0v) is 10.4. The molecular formula is C13H13BClNO2. The second-order valence-electron chi connectivity index (χ2n) is 3.98. The standard InChI is InChI=1S/C13H13BClNO2/c15-12-3-1-2-10(8-12)9-16-13-6-4-11(5-7-13)14(17)18/h1-8,16-18H,9H2. The van der Waals surface area contributed by atoms with Crippen LogP contribution in [-0.2, 0) is 6.54 Å². The third-order valence-electron chi connectivity index (χ3n) is 2.59. The molecule has 2 aromatic rings. The van der Waals surface area contributed by atoms with Gasteiger partial charge in [0.1, 0.15) is 0 Å². The molecule has 0 spiro atoms. The van der Waals surface area contributed by atoms with Gasteiger partial charge in [-0.3, -0.25) is 0 Å². The number of nitrogens with one attached hydrogen (secondary N) is 1. The Labute approximate surface area is 111 Å². The minimum absolute atomic E-state index is 0.475. The summed E-state index contributed by atoms with van der Waals surface area (Å²) in [5.74, 6) is 0. The van der Waals surface area contributed by atoms with Crippen LogP contribution in [0.5, 0.6) is 0 Å². The molecule has 0 heterocycles. The van der Waals surface area contributed by atoms with Crippen molar-refractivity contribution in [3.8, 4) is 0 Å². The van der Waals surface area contributed by atoms with Crippen LogP contribution in [0.3, 0.4) is 0 Å². The van der Waals surface area contributed by atoms with E-state index in [1.807, 2.05) is 24.3 Å². The zero-order valence-electron chi connectivity index (χ0n) is 9.68. The van der Waals surface area contributed by atoms with Crippen LogP contribution in [0.1, 0.15) is 5.56 Å². The fraction of sp³-hybridized carbons (Fsp3) is 0.0769. The highest BCUT2D eigenvalue weighted by atomic mass is 35.5. The summed E-state index contributed by atoms with van der Waals surface area (Å²) in [6.45, 7) is 0.668. The summed E-state index contributed by atoms with van der Waals surface area (Å²) in [5, 5.41) is 21.9. The molecule has 0 aliphatic carbocycles. The lowest BCUT2D eigenvalue weighted by atomic mass is 9.80. The van der Waals surface area contributed by atoms with E-state index in [1.165, 1.54) is 0 Å². The Balaban J connectivity index is 1.98. The van der Waals surface area contributed by atoms with E-state index in [9.17, 15) is 0 Å². The Hall–Kier alpha value is -1.49. The van der Waals surface area contributed by atoms with Crippen molar-refractivity contribution in [3.63, 3.8) is 0 Å². The van der Waals surface area contributed by atoms with Crippen LogP contribution in [0.4, 0.5) is 5.69 Å². The van der Waals surface area contributed by atoms with Gasteiger partial charge in [-0.25, -0.2) is 0 Å². The average Bonchev–Trinajstić information content (AvgIpc) is 2.37. The number of hydrogen-bond acceptors (Lipinski definition) is 3. The normalized spacial score (nSPS) is 10.2. The van der Waals surface area contributed by atoms with Crippen LogP contribution in [0, 0.1) is 0 Å². The van der Waals surface area contributed by atoms with Crippen molar-refractivity contribution in [2.75, 3.05) is 5.32 Å². The molecule has 0 atom stereocenters. The Morgan fingerprint density at radius 3 is 2.39 bits per heavy atom. The number of anilines is 1. The molecule has 0 aromatic heterocycles. The lowest BCUT2D eigenvalue weighted by Gasteiger charge is -2.07. The first kappa shape index (κ1) is 13.0. The average molecular weight is 262 g/mol. The maximum absolute atomic E-state index is 8.97. The van der Waals surface area contributed by atoms with Gasteiger partial charge in [0.05, 0.1) is 0 Å². The van der Waals surface area contributed by atoms with Crippen LogP contribution in [-0.4, -0.2) is 17.2 Å². The number of halogens is 1. The Kier molecular flexibility index (Phi) is 4.26. The van der Waals surface area contributed by atoms with Gasteiger partial charge in [0.15, 0.2) is 0 Å². The fourth-order valence-corrected chi connectivity index (χ4v) is 1.84. The Bertz CT molecular complexity index is 517. The molecule has 92 valence electrons. The molecule has 0 amide bonds. The first-order valence-electron chi connectivity index (χ1n) is 5.59. The van der Waals surface area contributed by atoms with Crippen LogP contribution < -0.4 is 10.8 Å². The van der Waals surface area contributed by atoms with Gasteiger partial charge in [0.2, 0.25) is 0 Å². The Morgan fingerprint density at radius 1 is 1.06 bits per heavy atom. The third-order valence-corrected chi connectivity index (χ3v) is 2.83. The lowest BCUT2D eigenvalue weighted by Crippen LogP contribution is -2.29. The van der Waals surface area contributed by atoms with Crippen molar-refractivity contribution >= 4 is 29.9 Å². The van der Waals surface area contributed by atoms with Crippen molar-refractivity contribution in [1.29, 1.82) is 0 Å². The van der Waals surface area contributed by atoms with E-state index in [4.69, 9.17) is 21.6 Å². The lowest BCUT2D eigenvalue weighted by molar-refractivity contribution is 0.426. The number of benzene rings is 2. The first-order valence-corrected chi connectivity index (χ1v) is 5.97. The molecule has 0 aliphatic rings. The molecule has 0 saturated carbocycles. The van der Waals surface area contributed by atoms with Crippen LogP contribution in [0.2, 0.25) is 5.02 Å². The van der Waals surface area contributed by atoms with Gasteiger partial charge in [-0.1, -0.05) is 35.9 Å². The van der Waals surface area contributed by atoms with Gasteiger partial charge in [-0.15, -0.1) is 0 Å². The van der Waals surface area contributed by atoms with Crippen LogP contribution in [0.15, 0.2) is 48.5 Å². The van der Waals surface area contributed by atoms with Crippen LogP contribution in [0.25, 0.3) is 0 Å². The van der Waals surface area contributed by atoms with Gasteiger partial charge in [0.25, 0.3) is 0 Å². The topological polar surface area (TPSA) is 52.5 Å². The van der Waals surface area contributed by atoms with E-state index in [2.05, 4.69) is 5.32 Å². The van der Waals surface area contributed by atoms with Gasteiger partial charge in [-0.05, 0) is 35.3 Å². The number of rotatable bonds is 4. The quantitative estimate of drug-likeness (QED) is 0.733. The summed E-state index contributed by atoms with van der Waals surface area (Å²) >= 11 is 5.90. The summed E-state index contributed by atoms with van der Waals surface area (Å²) in [6.07, 6.45) is 0. The summed E-state index contributed by atoms with van der Waals surface area (Å²) in [7, 11) is -1.42. The third kappa shape index (κ3) is 3.50. The second kappa shape index (κ2) is 5.91. The van der Waals surface area contributed by atoms with E-state index in [1.54, 1.807) is 24.3 Å². The molecule has 3 N–H and O–H groups in total. The predicted molar refractivity (Wildman–Crippen MR) is 75.0 cm³/mol. The molecule has 0 radical (unpaired) electrons. The van der Waals surface area contributed by atoms with Crippen molar-refractivity contribution < 1.29 is 10.0 Å². The molecule has 0 aliphatic heterocycles. The van der Waals surface area contributed by atoms with E-state index in [0.717, 1.165) is 11.3 Å². The molecule has 0 bridgehead atoms. The van der Waals surface area contributed by atoms with Gasteiger partial charge >= 0.3 is 7.12 Å². The van der Waals surface area contributed by atoms with Crippen LogP contribution >= 0.6 is 11.6 Å². The predicted octanol–water partition coefficient (Wildman–Crippen LogP) is 1.63. The van der Waals surface area contributed by atoms with Gasteiger partial charge in [-0.2, -0.15) is 0 Å². The minimum atomic E-state index is -1.42. The summed E-state index contributed by atoms with van der Waals surface area (Å²) in [5.41, 5.74) is 2.48. The van der Waals surface area contributed by atoms with E-state index < -0.39 is 7.12 Å². The smallest absolute Gasteiger partial charge is 0.423 e. The maximum Gasteiger partial charge on any atom is 0.488 e. The minimum Gasteiger partial charge on any atom is -0.423 e. The maximum atomic E-state index is 8.97. The SMILES string of the molecule is OB(O)c1ccc(NCc2cccc(Cl)c2)cc1. The zero-order chi connectivity index (χ0) is 13.0. The van der Waals surface area contributed by atoms with Crippen molar-refractivity contribution in [2.24, 2.45) is 0 Å². The first-order chi connectivity index (χ1) is 8.65. The Morgan fingerprint density at radius 2 is 1.78 bits per heavy atom. The molecule has 2 rings (SSSR count). The van der Waals surface area contributed by atoms with Crippen molar-refractivity contribution in [3.05, 3.63) is 59.1 Å². The van der Waals surface area contributed by atoms with E-state index in [0.29, 0.717) is 17.0 Å². The van der Waals surface area contributed by atoms with E-state index in [-0.39, 0.29) is 0 Å². The summed E-state index contributed by atoms with van der Waals surface area (Å²) < 4.78 is 0. The summed E-state index contributed by atoms with van der Waals surface area (Å²) in [4.78, 5) is 0. The largest absolute Gasteiger partial charge is 0.488 e. The molecule has 0 fully saturated rings. The molecule has 0 saturated heterocycles. The molecular weight excluding hydrogens is 248 g/mol. The van der Waals surface area contributed by atoms with Crippen molar-refractivity contribution in [2.45, 2.75) is 6.54 Å². The number of hydrogen-bond donors (Lipinski definition) is 3. The highest BCUT2D eigenvalue weighted by Crippen LogP contribution is 2.12. The van der Waals surface area contributed by atoms with Gasteiger partial charge < -0.3 is 15.4 Å². The molecule has 18 heavy (non-hydrogen) atoms. The highest BCUT2D eigenvalue weighted by Gasteiger charge is 2.09. The second-order valence-corrected chi connectivity index (χ2v) is 4.42. The van der Waals surface area contributed by atoms with E-state index >= 15 is 0 Å². The monoisotopic (exact) mass is 261 g/mol. The van der Waals surface area contributed by atoms with Crippen molar-refractivity contribution in [1.82, 2.24) is 0 Å². The molecule has 5 heteroatoms. The summed E-state index contributed by atoms with van der Waals surface area (Å²) in [6, 6.07) is 14.6. The fourth-order valence-electron chi connectivity index (χ4n) is 1.62. The van der Waals surface area contributed by atoms with Gasteiger partial charge in [0, 0.05) is 17.3 Å². The molecule has 2 aromatic carbocycles. The highest BCUT2D eigenvalue weighted by molar-refractivity contribution is 6.58. The molecule has 0 unspecified atom stereocenters. The molecule has 3 nitrogen and oxygen atoms in total.